The molecule has 1 atom stereocenters. The Morgan fingerprint density at radius 3 is 2.38 bits per heavy atom. The lowest BCUT2D eigenvalue weighted by Gasteiger charge is -2.26. The normalized spacial score (nSPS) is 16.6. The monoisotopic (exact) mass is 407 g/mol. The number of hydrogen-bond donors (Lipinski definition) is 1. The molecule has 2 rings (SSSR count). The minimum atomic E-state index is -0.288. The number of halogens is 1. The second-order valence-electron chi connectivity index (χ2n) is 8.43. The highest BCUT2D eigenvalue weighted by Crippen LogP contribution is 2.22. The summed E-state index contributed by atoms with van der Waals surface area (Å²) in [6.45, 7) is 11.3. The van der Waals surface area contributed by atoms with Gasteiger partial charge in [0.25, 0.3) is 0 Å². The van der Waals surface area contributed by atoms with Crippen LogP contribution in [0.4, 0.5) is 9.18 Å². The molecule has 1 aliphatic rings. The van der Waals surface area contributed by atoms with Crippen molar-refractivity contribution in [1.29, 1.82) is 0 Å². The van der Waals surface area contributed by atoms with Gasteiger partial charge in [-0.05, 0) is 36.0 Å². The summed E-state index contributed by atoms with van der Waals surface area (Å²) in [7, 11) is 0. The summed E-state index contributed by atoms with van der Waals surface area (Å²) < 4.78 is 18.5. The molecule has 2 amide bonds. The smallest absolute Gasteiger partial charge is 0.409 e. The highest BCUT2D eigenvalue weighted by Gasteiger charge is 2.23. The fourth-order valence-electron chi connectivity index (χ4n) is 3.37. The summed E-state index contributed by atoms with van der Waals surface area (Å²) in [5.74, 6) is 0.133. The minimum Gasteiger partial charge on any atom is -0.449 e. The van der Waals surface area contributed by atoms with Crippen LogP contribution in [0.2, 0.25) is 0 Å². The molecule has 29 heavy (non-hydrogen) atoms. The molecule has 162 valence electrons. The van der Waals surface area contributed by atoms with E-state index in [0.717, 1.165) is 18.5 Å². The third-order valence-corrected chi connectivity index (χ3v) is 4.97. The summed E-state index contributed by atoms with van der Waals surface area (Å²) in [4.78, 5) is 28.6. The first kappa shape index (κ1) is 23.1. The second kappa shape index (κ2) is 11.1. The van der Waals surface area contributed by atoms with Crippen molar-refractivity contribution in [3.8, 4) is 0 Å². The van der Waals surface area contributed by atoms with Crippen LogP contribution in [-0.2, 0) is 9.53 Å². The number of carbonyl (C=O) groups excluding carboxylic acids is 2. The van der Waals surface area contributed by atoms with Crippen LogP contribution in [0, 0.1) is 17.7 Å². The minimum absolute atomic E-state index is 0.0659. The summed E-state index contributed by atoms with van der Waals surface area (Å²) in [6.07, 6.45) is 0.525. The topological polar surface area (TPSA) is 61.9 Å². The van der Waals surface area contributed by atoms with Gasteiger partial charge in [0.2, 0.25) is 5.91 Å². The molecular formula is C22H34FN3O3. The van der Waals surface area contributed by atoms with E-state index in [4.69, 9.17) is 4.74 Å². The van der Waals surface area contributed by atoms with Crippen LogP contribution in [0.15, 0.2) is 24.3 Å². The first-order valence-electron chi connectivity index (χ1n) is 10.4. The third kappa shape index (κ3) is 7.65. The maximum Gasteiger partial charge on any atom is 0.409 e. The van der Waals surface area contributed by atoms with Crippen LogP contribution in [0.25, 0.3) is 0 Å². The molecule has 0 spiro atoms. The van der Waals surface area contributed by atoms with Crippen molar-refractivity contribution in [3.05, 3.63) is 35.6 Å². The van der Waals surface area contributed by atoms with Crippen molar-refractivity contribution in [1.82, 2.24) is 15.1 Å². The molecule has 0 radical (unpaired) electrons. The molecule has 1 unspecified atom stereocenters. The number of nitrogens with zero attached hydrogens (tertiary/aromatic N) is 2. The number of nitrogens with one attached hydrogen (secondary N) is 1. The van der Waals surface area contributed by atoms with Crippen molar-refractivity contribution in [3.63, 3.8) is 0 Å². The Bertz CT molecular complexity index is 664. The molecular weight excluding hydrogens is 373 g/mol. The Morgan fingerprint density at radius 2 is 1.76 bits per heavy atom. The molecule has 1 aromatic carbocycles. The number of hydrogen-bond acceptors (Lipinski definition) is 4. The summed E-state index contributed by atoms with van der Waals surface area (Å²) in [5.41, 5.74) is 0.893. The van der Waals surface area contributed by atoms with E-state index in [1.807, 2.05) is 27.7 Å². The van der Waals surface area contributed by atoms with Crippen molar-refractivity contribution in [2.24, 2.45) is 11.8 Å². The maximum absolute atomic E-state index is 13.2. The highest BCUT2D eigenvalue weighted by molar-refractivity contribution is 5.78. The van der Waals surface area contributed by atoms with Gasteiger partial charge in [0.05, 0.1) is 19.2 Å². The molecule has 0 aromatic heterocycles. The number of ether oxygens (including phenoxy) is 1. The molecule has 1 saturated heterocycles. The second-order valence-corrected chi connectivity index (χ2v) is 8.43. The van der Waals surface area contributed by atoms with Gasteiger partial charge in [-0.3, -0.25) is 9.69 Å². The lowest BCUT2D eigenvalue weighted by atomic mass is 9.96. The summed E-state index contributed by atoms with van der Waals surface area (Å²) in [6, 6.07) is 6.09. The molecule has 1 aliphatic heterocycles. The average molecular weight is 408 g/mol. The maximum atomic E-state index is 13.2. The molecule has 1 aromatic rings. The Hall–Kier alpha value is -2.15. The van der Waals surface area contributed by atoms with E-state index in [1.165, 1.54) is 12.1 Å². The van der Waals surface area contributed by atoms with Crippen molar-refractivity contribution in [2.45, 2.75) is 40.2 Å². The van der Waals surface area contributed by atoms with Crippen molar-refractivity contribution in [2.75, 3.05) is 39.3 Å². The van der Waals surface area contributed by atoms with Crippen LogP contribution in [0.1, 0.15) is 45.7 Å². The van der Waals surface area contributed by atoms with E-state index >= 15 is 0 Å². The van der Waals surface area contributed by atoms with Gasteiger partial charge in [-0.2, -0.15) is 0 Å². The van der Waals surface area contributed by atoms with E-state index in [9.17, 15) is 14.0 Å². The van der Waals surface area contributed by atoms with Gasteiger partial charge in [-0.25, -0.2) is 9.18 Å². The van der Waals surface area contributed by atoms with Gasteiger partial charge in [-0.15, -0.1) is 0 Å². The quantitative estimate of drug-likeness (QED) is 0.752. The molecule has 1 fully saturated rings. The fourth-order valence-corrected chi connectivity index (χ4v) is 3.37. The van der Waals surface area contributed by atoms with Crippen molar-refractivity contribution >= 4 is 12.0 Å². The van der Waals surface area contributed by atoms with Crippen LogP contribution < -0.4 is 5.32 Å². The van der Waals surface area contributed by atoms with Crippen LogP contribution in [0.3, 0.4) is 0 Å². The molecule has 6 nitrogen and oxygen atoms in total. The Labute approximate surface area is 173 Å². The first-order chi connectivity index (χ1) is 13.8. The number of rotatable bonds is 7. The average Bonchev–Trinajstić information content (AvgIpc) is 2.90. The fraction of sp³-hybridized carbons (Fsp3) is 0.636. The zero-order valence-electron chi connectivity index (χ0n) is 18.0. The zero-order chi connectivity index (χ0) is 21.4. The molecule has 0 saturated carbocycles. The van der Waals surface area contributed by atoms with E-state index < -0.39 is 0 Å². The predicted molar refractivity (Wildman–Crippen MR) is 111 cm³/mol. The van der Waals surface area contributed by atoms with Gasteiger partial charge >= 0.3 is 6.09 Å². The Balaban J connectivity index is 1.86. The Kier molecular flexibility index (Phi) is 8.89. The van der Waals surface area contributed by atoms with Crippen LogP contribution >= 0.6 is 0 Å². The van der Waals surface area contributed by atoms with Gasteiger partial charge < -0.3 is 15.0 Å². The lowest BCUT2D eigenvalue weighted by molar-refractivity contribution is -0.123. The summed E-state index contributed by atoms with van der Waals surface area (Å²) in [5, 5.41) is 3.08. The third-order valence-electron chi connectivity index (χ3n) is 4.97. The van der Waals surface area contributed by atoms with Gasteiger partial charge in [-0.1, -0.05) is 39.8 Å². The SMILES string of the molecule is CC(C)COC(=O)N1CCCN(CC(=O)NC(c2ccc(F)cc2)C(C)C)CC1. The number of amides is 2. The van der Waals surface area contributed by atoms with E-state index in [-0.39, 0.29) is 36.3 Å². The molecule has 0 bridgehead atoms. The van der Waals surface area contributed by atoms with Crippen LogP contribution in [0.5, 0.6) is 0 Å². The lowest BCUT2D eigenvalue weighted by Crippen LogP contribution is -2.42. The van der Waals surface area contributed by atoms with Crippen LogP contribution in [-0.4, -0.2) is 61.1 Å². The molecule has 0 aliphatic carbocycles. The summed E-state index contributed by atoms with van der Waals surface area (Å²) >= 11 is 0. The molecule has 7 heteroatoms. The molecule has 1 N–H and O–H groups in total. The highest BCUT2D eigenvalue weighted by atomic mass is 19.1. The number of benzene rings is 1. The van der Waals surface area contributed by atoms with Gasteiger partial charge in [0, 0.05) is 26.2 Å². The van der Waals surface area contributed by atoms with E-state index in [2.05, 4.69) is 10.2 Å². The zero-order valence-corrected chi connectivity index (χ0v) is 18.0. The largest absolute Gasteiger partial charge is 0.449 e. The Morgan fingerprint density at radius 1 is 1.07 bits per heavy atom. The number of carbonyl (C=O) groups is 2. The van der Waals surface area contributed by atoms with E-state index in [1.54, 1.807) is 17.0 Å². The first-order valence-corrected chi connectivity index (χ1v) is 10.4. The standard InChI is InChI=1S/C22H34FN3O3/c1-16(2)15-29-22(28)26-11-5-10-25(12-13-26)14-20(27)24-21(17(3)4)18-6-8-19(23)9-7-18/h6-9,16-17,21H,5,10-15H2,1-4H3,(H,24,27). The molecule has 1 heterocycles. The predicted octanol–water partition coefficient (Wildman–Crippen LogP) is 3.44. The van der Waals surface area contributed by atoms with E-state index in [0.29, 0.717) is 32.2 Å². The van der Waals surface area contributed by atoms with Crippen molar-refractivity contribution < 1.29 is 18.7 Å². The van der Waals surface area contributed by atoms with Gasteiger partial charge in [0.15, 0.2) is 0 Å². The van der Waals surface area contributed by atoms with Gasteiger partial charge in [0.1, 0.15) is 5.82 Å².